The maximum absolute atomic E-state index is 13.1. The van der Waals surface area contributed by atoms with Crippen LogP contribution >= 0.6 is 0 Å². The first-order valence-corrected chi connectivity index (χ1v) is 9.10. The second kappa shape index (κ2) is 7.43. The molecule has 2 aromatic heterocycles. The molecule has 4 rings (SSSR count). The topological polar surface area (TPSA) is 78.1 Å². The molecule has 0 fully saturated rings. The molecule has 7 heteroatoms. The highest BCUT2D eigenvalue weighted by molar-refractivity contribution is 5.98. The van der Waals surface area contributed by atoms with Crippen LogP contribution in [-0.2, 0) is 4.74 Å². The minimum absolute atomic E-state index is 0.154. The Kier molecular flexibility index (Phi) is 4.80. The first kappa shape index (κ1) is 18.7. The van der Waals surface area contributed by atoms with Gasteiger partial charge in [-0.3, -0.25) is 4.98 Å². The molecule has 0 bridgehead atoms. The Morgan fingerprint density at radius 2 is 1.79 bits per heavy atom. The zero-order chi connectivity index (χ0) is 20.5. The fourth-order valence-electron chi connectivity index (χ4n) is 3.21. The van der Waals surface area contributed by atoms with E-state index in [2.05, 4.69) is 15.2 Å². The summed E-state index contributed by atoms with van der Waals surface area (Å²) in [6.45, 7) is 5.30. The molecule has 0 unspecified atom stereocenters. The summed E-state index contributed by atoms with van der Waals surface area (Å²) < 4.78 is 24.2. The summed E-state index contributed by atoms with van der Waals surface area (Å²) in [4.78, 5) is 17.3. The van der Waals surface area contributed by atoms with Crippen LogP contribution in [0.4, 0.5) is 4.39 Å². The van der Waals surface area contributed by atoms with Crippen LogP contribution in [0.1, 0.15) is 40.5 Å². The van der Waals surface area contributed by atoms with Crippen molar-refractivity contribution in [2.75, 3.05) is 0 Å². The van der Waals surface area contributed by atoms with Crippen molar-refractivity contribution < 1.29 is 18.3 Å². The number of hydrogen-bond acceptors (Lipinski definition) is 6. The number of carbonyl (C=O) groups is 1. The van der Waals surface area contributed by atoms with E-state index in [-0.39, 0.29) is 17.6 Å². The van der Waals surface area contributed by atoms with Gasteiger partial charge in [-0.05, 0) is 56.7 Å². The first-order valence-electron chi connectivity index (χ1n) is 9.10. The Morgan fingerprint density at radius 3 is 2.55 bits per heavy atom. The van der Waals surface area contributed by atoms with E-state index in [9.17, 15) is 9.18 Å². The van der Waals surface area contributed by atoms with Gasteiger partial charge in [-0.1, -0.05) is 18.2 Å². The molecule has 0 aliphatic heterocycles. The van der Waals surface area contributed by atoms with Crippen LogP contribution in [0.2, 0.25) is 0 Å². The largest absolute Gasteiger partial charge is 0.449 e. The Hall–Kier alpha value is -3.61. The van der Waals surface area contributed by atoms with Gasteiger partial charge in [-0.2, -0.15) is 0 Å². The number of aromatic nitrogens is 3. The smallest absolute Gasteiger partial charge is 0.341 e. The number of carbonyl (C=O) groups excluding carboxylic acids is 1. The van der Waals surface area contributed by atoms with E-state index in [1.807, 2.05) is 31.2 Å². The van der Waals surface area contributed by atoms with Crippen molar-refractivity contribution in [3.63, 3.8) is 0 Å². The van der Waals surface area contributed by atoms with Gasteiger partial charge in [-0.25, -0.2) is 9.18 Å². The van der Waals surface area contributed by atoms with Crippen molar-refractivity contribution in [1.29, 1.82) is 0 Å². The second-order valence-corrected chi connectivity index (χ2v) is 6.71. The number of halogens is 1. The number of aryl methyl sites for hydroxylation is 2. The summed E-state index contributed by atoms with van der Waals surface area (Å²) in [5, 5.41) is 8.80. The van der Waals surface area contributed by atoms with Crippen LogP contribution in [0, 0.1) is 19.7 Å². The standard InChI is InChI=1S/C22H18FN3O3/c1-12-17-6-4-5-7-18(17)24-13(2)19(12)22(27)28-14(3)20-25-26-21(29-20)15-8-10-16(23)11-9-15/h4-11,14H,1-3H3/t14-/m1/s1. The molecule has 1 atom stereocenters. The minimum atomic E-state index is -0.755. The number of hydrogen-bond donors (Lipinski definition) is 0. The number of fused-ring (bicyclic) bond motifs is 1. The maximum atomic E-state index is 13.1. The summed E-state index contributed by atoms with van der Waals surface area (Å²) in [6, 6.07) is 13.3. The molecule has 0 aliphatic carbocycles. The molecule has 0 saturated carbocycles. The molecule has 0 spiro atoms. The number of nitrogens with zero attached hydrogens (tertiary/aromatic N) is 3. The Morgan fingerprint density at radius 1 is 1.07 bits per heavy atom. The van der Waals surface area contributed by atoms with Crippen molar-refractivity contribution >= 4 is 16.9 Å². The summed E-state index contributed by atoms with van der Waals surface area (Å²) >= 11 is 0. The van der Waals surface area contributed by atoms with Gasteiger partial charge >= 0.3 is 5.97 Å². The molecular formula is C22H18FN3O3. The quantitative estimate of drug-likeness (QED) is 0.458. The molecule has 0 saturated heterocycles. The maximum Gasteiger partial charge on any atom is 0.341 e. The molecule has 0 amide bonds. The van der Waals surface area contributed by atoms with Gasteiger partial charge in [0.25, 0.3) is 5.89 Å². The predicted molar refractivity (Wildman–Crippen MR) is 105 cm³/mol. The SMILES string of the molecule is Cc1nc2ccccc2c(C)c1C(=O)O[C@H](C)c1nnc(-c2ccc(F)cc2)o1. The van der Waals surface area contributed by atoms with Crippen molar-refractivity contribution in [1.82, 2.24) is 15.2 Å². The minimum Gasteiger partial charge on any atom is -0.449 e. The van der Waals surface area contributed by atoms with Crippen molar-refractivity contribution in [3.8, 4) is 11.5 Å². The third-order valence-corrected chi connectivity index (χ3v) is 4.70. The van der Waals surface area contributed by atoms with E-state index in [0.717, 1.165) is 16.5 Å². The summed E-state index contributed by atoms with van der Waals surface area (Å²) in [6.07, 6.45) is -0.755. The van der Waals surface area contributed by atoms with Crippen LogP contribution in [0.25, 0.3) is 22.4 Å². The van der Waals surface area contributed by atoms with Gasteiger partial charge in [0, 0.05) is 10.9 Å². The van der Waals surface area contributed by atoms with Crippen LogP contribution in [-0.4, -0.2) is 21.2 Å². The molecule has 4 aromatic rings. The molecule has 0 N–H and O–H groups in total. The van der Waals surface area contributed by atoms with Crippen LogP contribution in [0.5, 0.6) is 0 Å². The number of benzene rings is 2. The lowest BCUT2D eigenvalue weighted by atomic mass is 10.0. The number of rotatable bonds is 4. The molecule has 0 aliphatic rings. The zero-order valence-electron chi connectivity index (χ0n) is 16.1. The Labute approximate surface area is 166 Å². The van der Waals surface area contributed by atoms with Crippen molar-refractivity contribution in [2.45, 2.75) is 26.9 Å². The molecule has 29 heavy (non-hydrogen) atoms. The molecule has 2 aromatic carbocycles. The van der Waals surface area contributed by atoms with E-state index in [1.54, 1.807) is 13.8 Å². The summed E-state index contributed by atoms with van der Waals surface area (Å²) in [5.41, 5.74) is 3.23. The lowest BCUT2D eigenvalue weighted by molar-refractivity contribution is 0.0278. The van der Waals surface area contributed by atoms with Gasteiger partial charge in [0.1, 0.15) is 5.82 Å². The number of pyridine rings is 1. The normalized spacial score (nSPS) is 12.1. The fraction of sp³-hybridized carbons (Fsp3) is 0.182. The Balaban J connectivity index is 1.58. The molecular weight excluding hydrogens is 373 g/mol. The monoisotopic (exact) mass is 391 g/mol. The van der Waals surface area contributed by atoms with E-state index in [0.29, 0.717) is 16.8 Å². The molecule has 146 valence electrons. The fourth-order valence-corrected chi connectivity index (χ4v) is 3.21. The predicted octanol–water partition coefficient (Wildman–Crippen LogP) is 4.96. The average molecular weight is 391 g/mol. The van der Waals surface area contributed by atoms with Crippen molar-refractivity contribution in [3.05, 3.63) is 77.1 Å². The number of ether oxygens (including phenoxy) is 1. The van der Waals surface area contributed by atoms with Crippen molar-refractivity contribution in [2.24, 2.45) is 0 Å². The van der Waals surface area contributed by atoms with Gasteiger partial charge in [0.15, 0.2) is 6.10 Å². The van der Waals surface area contributed by atoms with Gasteiger partial charge < -0.3 is 9.15 Å². The molecule has 0 radical (unpaired) electrons. The lowest BCUT2D eigenvalue weighted by Crippen LogP contribution is -2.13. The Bertz CT molecular complexity index is 1200. The summed E-state index contributed by atoms with van der Waals surface area (Å²) in [5.74, 6) is -0.484. The van der Waals surface area contributed by atoms with Gasteiger partial charge in [0.2, 0.25) is 5.89 Å². The highest BCUT2D eigenvalue weighted by Crippen LogP contribution is 2.27. The van der Waals surface area contributed by atoms with Gasteiger partial charge in [-0.15, -0.1) is 10.2 Å². The molecule has 6 nitrogen and oxygen atoms in total. The van der Waals surface area contributed by atoms with Gasteiger partial charge in [0.05, 0.1) is 16.8 Å². The molecule has 2 heterocycles. The lowest BCUT2D eigenvalue weighted by Gasteiger charge is -2.14. The second-order valence-electron chi connectivity index (χ2n) is 6.71. The van der Waals surface area contributed by atoms with E-state index < -0.39 is 12.1 Å². The van der Waals surface area contributed by atoms with Crippen LogP contribution < -0.4 is 0 Å². The first-order chi connectivity index (χ1) is 13.9. The zero-order valence-corrected chi connectivity index (χ0v) is 16.1. The van der Waals surface area contributed by atoms with E-state index in [4.69, 9.17) is 9.15 Å². The highest BCUT2D eigenvalue weighted by atomic mass is 19.1. The third kappa shape index (κ3) is 3.59. The van der Waals surface area contributed by atoms with Crippen LogP contribution in [0.3, 0.4) is 0 Å². The number of para-hydroxylation sites is 1. The highest BCUT2D eigenvalue weighted by Gasteiger charge is 2.23. The number of esters is 1. The van der Waals surface area contributed by atoms with Crippen LogP contribution in [0.15, 0.2) is 52.9 Å². The third-order valence-electron chi connectivity index (χ3n) is 4.70. The van der Waals surface area contributed by atoms with E-state index in [1.165, 1.54) is 24.3 Å². The summed E-state index contributed by atoms with van der Waals surface area (Å²) in [7, 11) is 0. The van der Waals surface area contributed by atoms with E-state index >= 15 is 0 Å². The average Bonchev–Trinajstić information content (AvgIpc) is 3.19.